The molecule has 0 spiro atoms. The number of methoxy groups -OCH3 is 2. The van der Waals surface area contributed by atoms with E-state index in [-0.39, 0.29) is 42.6 Å². The number of nitro benzene ring substituents is 1. The molecule has 2 aromatic carbocycles. The molecule has 1 N–H and O–H groups in total. The molecular weight excluding hydrogens is 464 g/mol. The number of para-hydroxylation sites is 1. The number of allylic oxidation sites excluding steroid dienone is 3. The van der Waals surface area contributed by atoms with E-state index in [1.54, 1.807) is 26.2 Å². The van der Waals surface area contributed by atoms with Crippen molar-refractivity contribution >= 4 is 17.4 Å². The molecule has 1 aliphatic carbocycles. The number of Topliss-reactive ketones (excluding diaryl/α,β-unsaturated/α-hetero) is 1. The van der Waals surface area contributed by atoms with Gasteiger partial charge < -0.3 is 19.5 Å². The number of ketones is 1. The van der Waals surface area contributed by atoms with Gasteiger partial charge in [-0.15, -0.1) is 0 Å². The monoisotopic (exact) mass is 492 g/mol. The Morgan fingerprint density at radius 1 is 1.11 bits per heavy atom. The number of benzene rings is 2. The van der Waals surface area contributed by atoms with Gasteiger partial charge >= 0.3 is 5.97 Å². The Kier molecular flexibility index (Phi) is 7.49. The van der Waals surface area contributed by atoms with E-state index in [1.807, 2.05) is 24.3 Å². The Hall–Kier alpha value is -3.98. The summed E-state index contributed by atoms with van der Waals surface area (Å²) >= 11 is 0. The lowest BCUT2D eigenvalue weighted by Gasteiger charge is -2.36. The lowest BCUT2D eigenvalue weighted by Crippen LogP contribution is -2.36. The molecule has 0 fully saturated rings. The number of hydrogen-bond donors (Lipinski definition) is 1. The highest BCUT2D eigenvalue weighted by molar-refractivity contribution is 6.04. The van der Waals surface area contributed by atoms with Crippen LogP contribution >= 0.6 is 0 Å². The molecule has 2 aliphatic rings. The fourth-order valence-electron chi connectivity index (χ4n) is 4.98. The highest BCUT2D eigenvalue weighted by Gasteiger charge is 2.42. The van der Waals surface area contributed by atoms with Crippen LogP contribution in [-0.2, 0) is 19.1 Å². The number of rotatable bonds is 8. The average Bonchev–Trinajstić information content (AvgIpc) is 2.87. The normalized spacial score (nSPS) is 19.5. The third kappa shape index (κ3) is 4.87. The molecule has 188 valence electrons. The molecular formula is C27H28N2O7. The third-order valence-corrected chi connectivity index (χ3v) is 6.56. The third-order valence-electron chi connectivity index (χ3n) is 6.56. The van der Waals surface area contributed by atoms with Crippen molar-refractivity contribution in [3.8, 4) is 5.75 Å². The highest BCUT2D eigenvalue weighted by atomic mass is 16.6. The predicted octanol–water partition coefficient (Wildman–Crippen LogP) is 4.15. The number of nitrogens with zero attached hydrogens (tertiary/aromatic N) is 1. The first-order valence-electron chi connectivity index (χ1n) is 11.6. The Morgan fingerprint density at radius 3 is 2.61 bits per heavy atom. The predicted molar refractivity (Wildman–Crippen MR) is 132 cm³/mol. The number of carbonyl (C=O) groups is 2. The van der Waals surface area contributed by atoms with Gasteiger partial charge in [-0.25, -0.2) is 4.79 Å². The molecule has 0 bridgehead atoms. The van der Waals surface area contributed by atoms with Gasteiger partial charge in [-0.3, -0.25) is 14.9 Å². The summed E-state index contributed by atoms with van der Waals surface area (Å²) in [7, 11) is 3.10. The van der Waals surface area contributed by atoms with Crippen LogP contribution in [0.1, 0.15) is 42.7 Å². The van der Waals surface area contributed by atoms with Gasteiger partial charge in [-0.05, 0) is 30.5 Å². The molecule has 36 heavy (non-hydrogen) atoms. The topological polar surface area (TPSA) is 117 Å². The summed E-state index contributed by atoms with van der Waals surface area (Å²) in [5, 5.41) is 14.8. The maximum Gasteiger partial charge on any atom is 0.336 e. The Labute approximate surface area is 208 Å². The van der Waals surface area contributed by atoms with Gasteiger partial charge in [0.2, 0.25) is 0 Å². The molecule has 0 saturated carbocycles. The van der Waals surface area contributed by atoms with Gasteiger partial charge in [0.25, 0.3) is 5.69 Å². The average molecular weight is 493 g/mol. The van der Waals surface area contributed by atoms with Crippen LogP contribution in [-0.4, -0.2) is 44.1 Å². The Bertz CT molecular complexity index is 1260. The minimum absolute atomic E-state index is 0.0451. The van der Waals surface area contributed by atoms with E-state index in [0.29, 0.717) is 34.7 Å². The standard InChI is InChI=1S/C27H28N2O7/c1-16-24(27(31)36-12-11-34-2)25(17-7-6-8-19(13-17)29(32)33)26-21(28-16)14-18(15-22(26)30)20-9-4-5-10-23(20)35-3/h4-10,13,18,25,28H,11-12,14-15H2,1-3H3/t18-,25+/m0/s1. The first-order valence-corrected chi connectivity index (χ1v) is 11.6. The smallest absolute Gasteiger partial charge is 0.336 e. The van der Waals surface area contributed by atoms with E-state index in [2.05, 4.69) is 5.32 Å². The van der Waals surface area contributed by atoms with Gasteiger partial charge in [-0.1, -0.05) is 30.3 Å². The minimum atomic E-state index is -0.790. The summed E-state index contributed by atoms with van der Waals surface area (Å²) in [6.45, 7) is 2.02. The Morgan fingerprint density at radius 2 is 1.89 bits per heavy atom. The Balaban J connectivity index is 1.79. The number of hydrogen-bond acceptors (Lipinski definition) is 8. The molecule has 1 heterocycles. The molecule has 0 aromatic heterocycles. The zero-order valence-electron chi connectivity index (χ0n) is 20.4. The van der Waals surface area contributed by atoms with Crippen molar-refractivity contribution in [2.45, 2.75) is 31.6 Å². The van der Waals surface area contributed by atoms with Crippen molar-refractivity contribution in [1.82, 2.24) is 5.32 Å². The van der Waals surface area contributed by atoms with Crippen molar-refractivity contribution < 1.29 is 28.7 Å². The van der Waals surface area contributed by atoms with Gasteiger partial charge in [-0.2, -0.15) is 0 Å². The second-order valence-electron chi connectivity index (χ2n) is 8.74. The summed E-state index contributed by atoms with van der Waals surface area (Å²) in [6.07, 6.45) is 0.744. The zero-order valence-corrected chi connectivity index (χ0v) is 20.4. The first-order chi connectivity index (χ1) is 17.3. The van der Waals surface area contributed by atoms with Gasteiger partial charge in [0.1, 0.15) is 12.4 Å². The van der Waals surface area contributed by atoms with Crippen LogP contribution in [0.2, 0.25) is 0 Å². The van der Waals surface area contributed by atoms with E-state index in [0.717, 1.165) is 5.56 Å². The minimum Gasteiger partial charge on any atom is -0.496 e. The number of carbonyl (C=O) groups excluding carboxylic acids is 2. The lowest BCUT2D eigenvalue weighted by molar-refractivity contribution is -0.384. The molecule has 2 atom stereocenters. The molecule has 9 heteroatoms. The number of dihydropyridines is 1. The number of non-ortho nitro benzene ring substituents is 1. The van der Waals surface area contributed by atoms with Crippen LogP contribution in [0.5, 0.6) is 5.75 Å². The van der Waals surface area contributed by atoms with Crippen LogP contribution < -0.4 is 10.1 Å². The number of nitrogens with one attached hydrogen (secondary N) is 1. The number of nitro groups is 1. The highest BCUT2D eigenvalue weighted by Crippen LogP contribution is 2.47. The number of ether oxygens (including phenoxy) is 3. The van der Waals surface area contributed by atoms with E-state index in [4.69, 9.17) is 14.2 Å². The fraction of sp³-hybridized carbons (Fsp3) is 0.333. The summed E-state index contributed by atoms with van der Waals surface area (Å²) in [4.78, 5) is 37.8. The quantitative estimate of drug-likeness (QED) is 0.253. The van der Waals surface area contributed by atoms with Crippen LogP contribution in [0.25, 0.3) is 0 Å². The van der Waals surface area contributed by atoms with Crippen LogP contribution in [0.15, 0.2) is 71.1 Å². The van der Waals surface area contributed by atoms with Crippen LogP contribution in [0.3, 0.4) is 0 Å². The van der Waals surface area contributed by atoms with Crippen molar-refractivity contribution in [2.75, 3.05) is 27.4 Å². The molecule has 4 rings (SSSR count). The SMILES string of the molecule is COCCOC(=O)C1=C(C)NC2=C(C(=O)C[C@@H](c3ccccc3OC)C2)[C@@H]1c1cccc([N+](=O)[O-])c1. The first kappa shape index (κ1) is 25.1. The van der Waals surface area contributed by atoms with Crippen molar-refractivity contribution in [1.29, 1.82) is 0 Å². The van der Waals surface area contributed by atoms with Crippen LogP contribution in [0, 0.1) is 10.1 Å². The summed E-state index contributed by atoms with van der Waals surface area (Å²) in [5.74, 6) is -0.929. The van der Waals surface area contributed by atoms with Crippen LogP contribution in [0.4, 0.5) is 5.69 Å². The number of esters is 1. The molecule has 0 amide bonds. The molecule has 2 aromatic rings. The second kappa shape index (κ2) is 10.7. The maximum atomic E-state index is 13.7. The summed E-state index contributed by atoms with van der Waals surface area (Å²) in [5.41, 5.74) is 3.24. The summed E-state index contributed by atoms with van der Waals surface area (Å²) < 4.78 is 15.9. The van der Waals surface area contributed by atoms with Gasteiger partial charge in [0.15, 0.2) is 5.78 Å². The second-order valence-corrected chi connectivity index (χ2v) is 8.74. The largest absolute Gasteiger partial charge is 0.496 e. The van der Waals surface area contributed by atoms with Crippen molar-refractivity contribution in [3.63, 3.8) is 0 Å². The van der Waals surface area contributed by atoms with E-state index in [9.17, 15) is 19.7 Å². The molecule has 1 aliphatic heterocycles. The van der Waals surface area contributed by atoms with Crippen molar-refractivity contribution in [2.24, 2.45) is 0 Å². The molecule has 0 radical (unpaired) electrons. The van der Waals surface area contributed by atoms with Gasteiger partial charge in [0.05, 0.1) is 24.2 Å². The maximum absolute atomic E-state index is 13.7. The molecule has 9 nitrogen and oxygen atoms in total. The van der Waals surface area contributed by atoms with E-state index in [1.165, 1.54) is 19.2 Å². The molecule has 0 unspecified atom stereocenters. The van der Waals surface area contributed by atoms with Crippen molar-refractivity contribution in [3.05, 3.63) is 92.3 Å². The van der Waals surface area contributed by atoms with E-state index < -0.39 is 16.8 Å². The molecule has 0 saturated heterocycles. The fourth-order valence-corrected chi connectivity index (χ4v) is 4.98. The summed E-state index contributed by atoms with van der Waals surface area (Å²) in [6, 6.07) is 13.7. The van der Waals surface area contributed by atoms with Gasteiger partial charge in [0, 0.05) is 54.5 Å². The van der Waals surface area contributed by atoms with E-state index >= 15 is 0 Å². The zero-order chi connectivity index (χ0) is 25.8. The lowest BCUT2D eigenvalue weighted by atomic mass is 9.71.